The number of nitriles is 1. The zero-order valence-electron chi connectivity index (χ0n) is 21.0. The highest BCUT2D eigenvalue weighted by molar-refractivity contribution is 5.88. The minimum absolute atomic E-state index is 0.0579. The van der Waals surface area contributed by atoms with E-state index in [0.29, 0.717) is 49.9 Å². The average molecular weight is 476 g/mol. The third-order valence-corrected chi connectivity index (χ3v) is 5.57. The molecule has 1 aliphatic heterocycles. The van der Waals surface area contributed by atoms with Crippen molar-refractivity contribution in [2.75, 3.05) is 47.6 Å². The molecular formula is C26H33N7O2. The summed E-state index contributed by atoms with van der Waals surface area (Å²) in [6, 6.07) is 7.97. The van der Waals surface area contributed by atoms with Crippen molar-refractivity contribution in [1.29, 1.82) is 5.26 Å². The van der Waals surface area contributed by atoms with Crippen LogP contribution in [0.4, 0.5) is 17.3 Å². The van der Waals surface area contributed by atoms with Gasteiger partial charge in [-0.2, -0.15) is 10.4 Å². The third kappa shape index (κ3) is 6.35. The fraction of sp³-hybridized carbons (Fsp3) is 0.423. The van der Waals surface area contributed by atoms with Crippen molar-refractivity contribution in [3.8, 4) is 6.07 Å². The number of carbonyl (C=O) groups excluding carboxylic acids is 1. The van der Waals surface area contributed by atoms with Gasteiger partial charge in [-0.15, -0.1) is 0 Å². The van der Waals surface area contributed by atoms with Crippen molar-refractivity contribution in [2.24, 2.45) is 10.5 Å². The second-order valence-corrected chi connectivity index (χ2v) is 9.54. The van der Waals surface area contributed by atoms with Crippen LogP contribution in [0.5, 0.6) is 0 Å². The summed E-state index contributed by atoms with van der Waals surface area (Å²) in [4.78, 5) is 24.8. The fourth-order valence-corrected chi connectivity index (χ4v) is 4.01. The van der Waals surface area contributed by atoms with Gasteiger partial charge in [0.15, 0.2) is 0 Å². The van der Waals surface area contributed by atoms with E-state index in [0.717, 1.165) is 23.5 Å². The zero-order chi connectivity index (χ0) is 25.6. The molecule has 2 heterocycles. The second-order valence-electron chi connectivity index (χ2n) is 9.54. The topological polar surface area (TPSA) is 98.0 Å². The van der Waals surface area contributed by atoms with Crippen molar-refractivity contribution < 1.29 is 9.53 Å². The van der Waals surface area contributed by atoms with Gasteiger partial charge in [-0.05, 0) is 37.0 Å². The van der Waals surface area contributed by atoms with E-state index in [1.165, 1.54) is 12.4 Å². The maximum Gasteiger partial charge on any atom is 0.341 e. The van der Waals surface area contributed by atoms with E-state index >= 15 is 0 Å². The quantitative estimate of drug-likeness (QED) is 0.318. The first-order valence-electron chi connectivity index (χ1n) is 11.6. The molecule has 35 heavy (non-hydrogen) atoms. The number of anilines is 3. The molecule has 0 bridgehead atoms. The van der Waals surface area contributed by atoms with Crippen molar-refractivity contribution in [2.45, 2.75) is 34.1 Å². The third-order valence-electron chi connectivity index (χ3n) is 5.57. The Morgan fingerprint density at radius 2 is 1.83 bits per heavy atom. The summed E-state index contributed by atoms with van der Waals surface area (Å²) in [6.45, 7) is 19.2. The van der Waals surface area contributed by atoms with Gasteiger partial charge in [0.1, 0.15) is 6.07 Å². The van der Waals surface area contributed by atoms with Gasteiger partial charge in [0.2, 0.25) is 5.95 Å². The van der Waals surface area contributed by atoms with Crippen molar-refractivity contribution in [3.05, 3.63) is 54.0 Å². The fourth-order valence-electron chi connectivity index (χ4n) is 4.01. The Bertz CT molecular complexity index is 1110. The lowest BCUT2D eigenvalue weighted by Crippen LogP contribution is -2.47. The highest BCUT2D eigenvalue weighted by atomic mass is 16.5. The molecule has 9 heteroatoms. The number of allylic oxidation sites excluding steroid dienone is 1. The maximum absolute atomic E-state index is 11.8. The predicted molar refractivity (Wildman–Crippen MR) is 139 cm³/mol. The summed E-state index contributed by atoms with van der Waals surface area (Å²) in [5, 5.41) is 15.7. The van der Waals surface area contributed by atoms with Crippen LogP contribution in [0.2, 0.25) is 0 Å². The average Bonchev–Trinajstić information content (AvgIpc) is 2.83. The number of ether oxygens (including phenoxy) is 1. The predicted octanol–water partition coefficient (Wildman–Crippen LogP) is 4.22. The van der Waals surface area contributed by atoms with Crippen LogP contribution in [0.15, 0.2) is 48.0 Å². The van der Waals surface area contributed by atoms with Crippen LogP contribution in [0, 0.1) is 16.7 Å². The van der Waals surface area contributed by atoms with E-state index in [1.807, 2.05) is 18.2 Å². The molecule has 0 spiro atoms. The smallest absolute Gasteiger partial charge is 0.341 e. The van der Waals surface area contributed by atoms with E-state index in [-0.39, 0.29) is 5.41 Å². The molecule has 0 radical (unpaired) electrons. The molecule has 1 fully saturated rings. The first-order chi connectivity index (χ1) is 16.7. The van der Waals surface area contributed by atoms with E-state index in [4.69, 9.17) is 4.74 Å². The minimum atomic E-state index is -0.430. The van der Waals surface area contributed by atoms with Crippen LogP contribution < -0.4 is 14.8 Å². The molecular weight excluding hydrogens is 442 g/mol. The number of hydrogen-bond acceptors (Lipinski definition) is 9. The van der Waals surface area contributed by atoms with Crippen LogP contribution in [0.1, 0.15) is 50.0 Å². The summed E-state index contributed by atoms with van der Waals surface area (Å²) in [6.07, 6.45) is 3.74. The molecule has 2 aromatic rings. The van der Waals surface area contributed by atoms with E-state index in [1.54, 1.807) is 11.9 Å². The van der Waals surface area contributed by atoms with Crippen molar-refractivity contribution in [3.63, 3.8) is 0 Å². The maximum atomic E-state index is 11.8. The molecule has 184 valence electrons. The van der Waals surface area contributed by atoms with Gasteiger partial charge in [0.25, 0.3) is 0 Å². The minimum Gasteiger partial charge on any atom is -0.462 e. The van der Waals surface area contributed by atoms with E-state index < -0.39 is 5.97 Å². The number of hydrogen-bond donors (Lipinski definition) is 0. The Balaban J connectivity index is 1.74. The molecule has 1 aromatic carbocycles. The second kappa shape index (κ2) is 11.0. The van der Waals surface area contributed by atoms with Crippen LogP contribution in [-0.4, -0.2) is 55.4 Å². The molecule has 9 nitrogen and oxygen atoms in total. The molecule has 0 amide bonds. The van der Waals surface area contributed by atoms with Gasteiger partial charge < -0.3 is 14.5 Å². The zero-order valence-corrected chi connectivity index (χ0v) is 21.0. The van der Waals surface area contributed by atoms with Crippen LogP contribution in [-0.2, 0) is 4.74 Å². The Hall–Kier alpha value is -3.93. The summed E-state index contributed by atoms with van der Waals surface area (Å²) < 4.78 is 4.99. The van der Waals surface area contributed by atoms with Crippen molar-refractivity contribution >= 4 is 30.0 Å². The standard InChI is InChI=1S/C26H33N7O2/c1-7-35-24(34)21-17-29-25(30-18-21)32-12-10-31(11-13-32)23-14-22(9-8-20(23)16-27)33(28-6)19(2)15-26(3,4)5/h8-9,14,17-18H,2,6-7,10-13,15H2,1,3-5H3. The lowest BCUT2D eigenvalue weighted by molar-refractivity contribution is 0.0525. The van der Waals surface area contributed by atoms with Crippen LogP contribution in [0.3, 0.4) is 0 Å². The summed E-state index contributed by atoms with van der Waals surface area (Å²) in [7, 11) is 0. The number of piperazine rings is 1. The molecule has 0 aliphatic carbocycles. The first kappa shape index (κ1) is 25.7. The molecule has 3 rings (SSSR count). The van der Waals surface area contributed by atoms with E-state index in [9.17, 15) is 10.1 Å². The molecule has 1 saturated heterocycles. The molecule has 1 aliphatic rings. The Morgan fingerprint density at radius 3 is 2.37 bits per heavy atom. The molecule has 0 N–H and O–H groups in total. The molecule has 0 atom stereocenters. The number of aromatic nitrogens is 2. The Morgan fingerprint density at radius 1 is 1.20 bits per heavy atom. The lowest BCUT2D eigenvalue weighted by atomic mass is 9.90. The van der Waals surface area contributed by atoms with E-state index in [2.05, 4.69) is 65.0 Å². The molecule has 1 aromatic heterocycles. The monoisotopic (exact) mass is 475 g/mol. The number of esters is 1. The lowest BCUT2D eigenvalue weighted by Gasteiger charge is -2.37. The summed E-state index contributed by atoms with van der Waals surface area (Å²) in [5.41, 5.74) is 3.50. The van der Waals surface area contributed by atoms with Crippen molar-refractivity contribution in [1.82, 2.24) is 9.97 Å². The summed E-state index contributed by atoms with van der Waals surface area (Å²) >= 11 is 0. The SMILES string of the molecule is C=NN(C(=C)CC(C)(C)C)c1ccc(C#N)c(N2CCN(c3ncc(C(=O)OCC)cn3)CC2)c1. The normalized spacial score (nSPS) is 13.7. The number of hydrazone groups is 1. The van der Waals surface area contributed by atoms with Gasteiger partial charge in [-0.25, -0.2) is 19.8 Å². The summed E-state index contributed by atoms with van der Waals surface area (Å²) in [5.74, 6) is 0.133. The van der Waals surface area contributed by atoms with Gasteiger partial charge in [0.05, 0.1) is 29.1 Å². The Kier molecular flexibility index (Phi) is 8.07. The highest BCUT2D eigenvalue weighted by Gasteiger charge is 2.23. The highest BCUT2D eigenvalue weighted by Crippen LogP contribution is 2.33. The molecule has 0 unspecified atom stereocenters. The van der Waals surface area contributed by atoms with Gasteiger partial charge in [-0.1, -0.05) is 27.4 Å². The molecule has 0 saturated carbocycles. The van der Waals surface area contributed by atoms with Gasteiger partial charge in [-0.3, -0.25) is 0 Å². The van der Waals surface area contributed by atoms with Gasteiger partial charge >= 0.3 is 5.97 Å². The number of benzene rings is 1. The van der Waals surface area contributed by atoms with Gasteiger partial charge in [0, 0.05) is 51.0 Å². The van der Waals surface area contributed by atoms with Crippen LogP contribution in [0.25, 0.3) is 0 Å². The van der Waals surface area contributed by atoms with Crippen LogP contribution >= 0.6 is 0 Å². The number of nitrogens with zero attached hydrogens (tertiary/aromatic N) is 7. The Labute approximate surface area is 207 Å². The first-order valence-corrected chi connectivity index (χ1v) is 11.6. The number of carbonyl (C=O) groups is 1. The number of rotatable bonds is 8. The largest absolute Gasteiger partial charge is 0.462 e.